The van der Waals surface area contributed by atoms with Gasteiger partial charge in [-0.3, -0.25) is 9.55 Å². The SMILES string of the molecule is CC(C)(C)c1ccc(-n2c(-c3cc(C(C)(C)C)cc(C(C)(C)C)c3O)nc3c(-c4cccc(-c5nccc6c5sc5c7cc(F)cc(F)c7ccc65)c4)cccc32)c(-c2ccccc2)c1. The van der Waals surface area contributed by atoms with Crippen molar-refractivity contribution < 1.29 is 13.9 Å². The Bertz CT molecular complexity index is 3530. The van der Waals surface area contributed by atoms with Crippen LogP contribution < -0.4 is 0 Å². The maximum absolute atomic E-state index is 14.9. The number of rotatable bonds is 5. The number of phenolic OH excluding ortho intramolecular Hbond substituents is 1. The van der Waals surface area contributed by atoms with E-state index < -0.39 is 11.6 Å². The fourth-order valence-electron chi connectivity index (χ4n) is 9.17. The van der Waals surface area contributed by atoms with E-state index in [0.717, 1.165) is 87.6 Å². The largest absolute Gasteiger partial charge is 0.507 e. The second-order valence-electron chi connectivity index (χ2n) is 20.4. The topological polar surface area (TPSA) is 50.9 Å². The fourth-order valence-corrected chi connectivity index (χ4v) is 10.5. The standard InChI is InChI=1S/C58H51F2N3OS/c1-56(2,3)36-21-24-48(43(28-36)33-15-11-10-12-16-33)63-49-20-14-19-39(51(49)62-55(63)45-29-37(57(4,5)6)30-46(52(45)64)58(7,8)9)34-17-13-18-35(27-34)50-54-42(25-26-61-50)41-23-22-40-44(53(41)65-54)31-38(59)32-47(40)60/h10-32,64H,1-9H3. The van der Waals surface area contributed by atoms with E-state index in [9.17, 15) is 13.9 Å². The Kier molecular flexibility index (Phi) is 9.88. The van der Waals surface area contributed by atoms with E-state index in [2.05, 4.69) is 158 Å². The average Bonchev–Trinajstić information content (AvgIpc) is 3.85. The van der Waals surface area contributed by atoms with Crippen LogP contribution >= 0.6 is 11.3 Å². The summed E-state index contributed by atoms with van der Waals surface area (Å²) in [5, 5.41) is 15.3. The number of hydrogen-bond donors (Lipinski definition) is 1. The molecule has 324 valence electrons. The summed E-state index contributed by atoms with van der Waals surface area (Å²) in [5.41, 5.74) is 11.6. The summed E-state index contributed by atoms with van der Waals surface area (Å²) >= 11 is 1.51. The Labute approximate surface area is 382 Å². The summed E-state index contributed by atoms with van der Waals surface area (Å²) in [4.78, 5) is 10.5. The number of halogens is 2. The van der Waals surface area contributed by atoms with Gasteiger partial charge in [-0.05, 0) is 81.0 Å². The van der Waals surface area contributed by atoms with Crippen LogP contribution in [0.3, 0.4) is 0 Å². The Morgan fingerprint density at radius 1 is 0.538 bits per heavy atom. The Hall–Kier alpha value is -6.70. The molecule has 7 heteroatoms. The predicted molar refractivity (Wildman–Crippen MR) is 269 cm³/mol. The number of imidazole rings is 1. The van der Waals surface area contributed by atoms with Crippen molar-refractivity contribution in [3.05, 3.63) is 168 Å². The minimum Gasteiger partial charge on any atom is -0.507 e. The molecular weight excluding hydrogens is 825 g/mol. The average molecular weight is 876 g/mol. The fraction of sp³-hybridized carbons (Fsp3) is 0.207. The molecule has 3 heterocycles. The van der Waals surface area contributed by atoms with Crippen molar-refractivity contribution in [1.82, 2.24) is 14.5 Å². The van der Waals surface area contributed by atoms with Gasteiger partial charge in [0.15, 0.2) is 0 Å². The zero-order chi connectivity index (χ0) is 45.7. The highest BCUT2D eigenvalue weighted by Crippen LogP contribution is 2.47. The first-order valence-corrected chi connectivity index (χ1v) is 23.0. The molecule has 0 saturated heterocycles. The van der Waals surface area contributed by atoms with E-state index in [4.69, 9.17) is 9.97 Å². The molecule has 0 saturated carbocycles. The summed E-state index contributed by atoms with van der Waals surface area (Å²) in [5.74, 6) is -0.306. The van der Waals surface area contributed by atoms with Crippen LogP contribution in [0.2, 0.25) is 0 Å². The Morgan fingerprint density at radius 2 is 1.22 bits per heavy atom. The molecule has 10 rings (SSSR count). The molecule has 0 aliphatic heterocycles. The lowest BCUT2D eigenvalue weighted by Crippen LogP contribution is -2.17. The van der Waals surface area contributed by atoms with Crippen LogP contribution in [0.4, 0.5) is 8.78 Å². The van der Waals surface area contributed by atoms with Gasteiger partial charge in [0.1, 0.15) is 23.2 Å². The van der Waals surface area contributed by atoms with Crippen LogP contribution in [0.1, 0.15) is 79.0 Å². The molecule has 0 unspecified atom stereocenters. The molecule has 0 aliphatic carbocycles. The van der Waals surface area contributed by atoms with Gasteiger partial charge in [-0.2, -0.15) is 0 Å². The first-order chi connectivity index (χ1) is 30.9. The minimum absolute atomic E-state index is 0.0976. The number of para-hydroxylation sites is 1. The van der Waals surface area contributed by atoms with Crippen molar-refractivity contribution in [2.45, 2.75) is 78.6 Å². The quantitative estimate of drug-likeness (QED) is 0.187. The maximum Gasteiger partial charge on any atom is 0.149 e. The highest BCUT2D eigenvalue weighted by molar-refractivity contribution is 7.27. The maximum atomic E-state index is 14.9. The van der Waals surface area contributed by atoms with Crippen molar-refractivity contribution in [2.75, 3.05) is 0 Å². The van der Waals surface area contributed by atoms with Gasteiger partial charge in [-0.25, -0.2) is 13.8 Å². The lowest BCUT2D eigenvalue weighted by atomic mass is 9.79. The van der Waals surface area contributed by atoms with Crippen LogP contribution in [0, 0.1) is 11.6 Å². The molecule has 0 atom stereocenters. The molecule has 1 N–H and O–H groups in total. The molecule has 0 amide bonds. The van der Waals surface area contributed by atoms with Crippen LogP contribution in [0.25, 0.3) is 92.6 Å². The summed E-state index contributed by atoms with van der Waals surface area (Å²) in [6.07, 6.45) is 1.81. The summed E-state index contributed by atoms with van der Waals surface area (Å²) in [7, 11) is 0. The molecule has 0 spiro atoms. The van der Waals surface area contributed by atoms with Gasteiger partial charge in [0.25, 0.3) is 0 Å². The normalized spacial score (nSPS) is 12.6. The number of pyridine rings is 1. The number of phenols is 1. The van der Waals surface area contributed by atoms with Crippen molar-refractivity contribution >= 4 is 53.3 Å². The third-order valence-electron chi connectivity index (χ3n) is 12.7. The number of hydrogen-bond acceptors (Lipinski definition) is 4. The van der Waals surface area contributed by atoms with Gasteiger partial charge in [0.05, 0.1) is 32.7 Å². The van der Waals surface area contributed by atoms with Crippen molar-refractivity contribution in [3.8, 4) is 56.3 Å². The van der Waals surface area contributed by atoms with Gasteiger partial charge in [0.2, 0.25) is 0 Å². The van der Waals surface area contributed by atoms with Gasteiger partial charge in [0, 0.05) is 60.8 Å². The summed E-state index contributed by atoms with van der Waals surface area (Å²) < 4.78 is 33.6. The molecule has 0 aliphatic rings. The first-order valence-electron chi connectivity index (χ1n) is 22.2. The highest BCUT2D eigenvalue weighted by atomic mass is 32.1. The Morgan fingerprint density at radius 3 is 1.95 bits per heavy atom. The van der Waals surface area contributed by atoms with E-state index in [1.807, 2.05) is 24.3 Å². The van der Waals surface area contributed by atoms with Crippen molar-refractivity contribution in [2.24, 2.45) is 0 Å². The number of fused-ring (bicyclic) bond motifs is 6. The molecule has 7 aromatic carbocycles. The summed E-state index contributed by atoms with van der Waals surface area (Å²) in [6, 6.07) is 44.2. The number of aromatic hydroxyl groups is 1. The third-order valence-corrected chi connectivity index (χ3v) is 14.0. The Balaban J connectivity index is 1.24. The molecular formula is C58H51F2N3OS. The number of benzene rings is 7. The molecule has 0 bridgehead atoms. The summed E-state index contributed by atoms with van der Waals surface area (Å²) in [6.45, 7) is 19.7. The van der Waals surface area contributed by atoms with E-state index in [1.54, 1.807) is 12.3 Å². The van der Waals surface area contributed by atoms with Crippen LogP contribution in [-0.2, 0) is 16.2 Å². The molecule has 4 nitrogen and oxygen atoms in total. The van der Waals surface area contributed by atoms with Gasteiger partial charge < -0.3 is 5.11 Å². The van der Waals surface area contributed by atoms with Gasteiger partial charge in [-0.1, -0.05) is 147 Å². The van der Waals surface area contributed by atoms with E-state index in [1.165, 1.54) is 23.0 Å². The van der Waals surface area contributed by atoms with Crippen LogP contribution in [0.5, 0.6) is 5.75 Å². The minimum atomic E-state index is -0.601. The third kappa shape index (κ3) is 7.27. The van der Waals surface area contributed by atoms with Crippen LogP contribution in [0.15, 0.2) is 140 Å². The van der Waals surface area contributed by atoms with Gasteiger partial charge >= 0.3 is 0 Å². The molecule has 10 aromatic rings. The van der Waals surface area contributed by atoms with Gasteiger partial charge in [-0.15, -0.1) is 11.3 Å². The van der Waals surface area contributed by atoms with E-state index in [0.29, 0.717) is 22.2 Å². The number of thiophene rings is 1. The molecule has 3 aromatic heterocycles. The first kappa shape index (κ1) is 42.3. The second kappa shape index (κ2) is 15.2. The van der Waals surface area contributed by atoms with Crippen molar-refractivity contribution in [1.29, 1.82) is 0 Å². The van der Waals surface area contributed by atoms with E-state index in [-0.39, 0.29) is 22.0 Å². The highest BCUT2D eigenvalue weighted by Gasteiger charge is 2.30. The lowest BCUT2D eigenvalue weighted by molar-refractivity contribution is 0.446. The molecule has 0 fully saturated rings. The zero-order valence-electron chi connectivity index (χ0n) is 38.2. The van der Waals surface area contributed by atoms with Crippen LogP contribution in [-0.4, -0.2) is 19.6 Å². The lowest BCUT2D eigenvalue weighted by Gasteiger charge is -2.28. The van der Waals surface area contributed by atoms with Crippen molar-refractivity contribution in [3.63, 3.8) is 0 Å². The second-order valence-corrected chi connectivity index (χ2v) is 21.4. The predicted octanol–water partition coefficient (Wildman–Crippen LogP) is 16.5. The molecule has 0 radical (unpaired) electrons. The smallest absolute Gasteiger partial charge is 0.149 e. The molecule has 65 heavy (non-hydrogen) atoms. The van der Waals surface area contributed by atoms with E-state index >= 15 is 0 Å². The zero-order valence-corrected chi connectivity index (χ0v) is 39.0. The number of nitrogens with zero attached hydrogens (tertiary/aromatic N) is 3. The number of aromatic nitrogens is 3. The monoisotopic (exact) mass is 875 g/mol.